The molecule has 0 spiro atoms. The van der Waals surface area contributed by atoms with Crippen molar-refractivity contribution in [3.05, 3.63) is 39.9 Å². The molecule has 0 amide bonds. The molecule has 2 N–H and O–H groups in total. The van der Waals surface area contributed by atoms with Gasteiger partial charge in [-0.1, -0.05) is 18.2 Å². The highest BCUT2D eigenvalue weighted by atomic mass is 32.2. The van der Waals surface area contributed by atoms with E-state index in [9.17, 15) is 18.5 Å². The number of para-hydroxylation sites is 1. The summed E-state index contributed by atoms with van der Waals surface area (Å²) in [6, 6.07) is 6.25. The van der Waals surface area contributed by atoms with Gasteiger partial charge in [-0.25, -0.2) is 13.4 Å². The minimum atomic E-state index is -2.98. The number of nitro benzene ring substituents is 1. The fourth-order valence-corrected chi connectivity index (χ4v) is 4.08. The summed E-state index contributed by atoms with van der Waals surface area (Å²) in [5.41, 5.74) is 0.532. The van der Waals surface area contributed by atoms with Crippen LogP contribution in [0.2, 0.25) is 0 Å². The van der Waals surface area contributed by atoms with Crippen molar-refractivity contribution in [3.8, 4) is 0 Å². The highest BCUT2D eigenvalue weighted by Crippen LogP contribution is 2.18. The van der Waals surface area contributed by atoms with E-state index >= 15 is 0 Å². The summed E-state index contributed by atoms with van der Waals surface area (Å²) >= 11 is 0. The monoisotopic (exact) mass is 340 g/mol. The van der Waals surface area contributed by atoms with E-state index in [2.05, 4.69) is 15.6 Å². The Morgan fingerprint density at radius 2 is 2.17 bits per heavy atom. The average molecular weight is 340 g/mol. The first-order chi connectivity index (χ1) is 10.9. The Labute approximate surface area is 135 Å². The lowest BCUT2D eigenvalue weighted by Crippen LogP contribution is -2.44. The number of aliphatic imine (C=N–C) groups is 1. The minimum Gasteiger partial charge on any atom is -0.357 e. The van der Waals surface area contributed by atoms with E-state index in [1.165, 1.54) is 6.07 Å². The number of nitro groups is 1. The lowest BCUT2D eigenvalue weighted by atomic mass is 10.2. The van der Waals surface area contributed by atoms with Crippen LogP contribution in [0.1, 0.15) is 18.9 Å². The summed E-state index contributed by atoms with van der Waals surface area (Å²) in [6.45, 7) is 2.65. The maximum absolute atomic E-state index is 11.5. The van der Waals surface area contributed by atoms with Crippen LogP contribution in [0.5, 0.6) is 0 Å². The largest absolute Gasteiger partial charge is 0.357 e. The summed E-state index contributed by atoms with van der Waals surface area (Å²) in [4.78, 5) is 14.9. The van der Waals surface area contributed by atoms with Gasteiger partial charge in [0.25, 0.3) is 5.69 Å². The Bertz CT molecular complexity index is 702. The zero-order valence-corrected chi connectivity index (χ0v) is 13.7. The van der Waals surface area contributed by atoms with Crippen LogP contribution >= 0.6 is 0 Å². The number of guanidine groups is 1. The summed E-state index contributed by atoms with van der Waals surface area (Å²) in [5.74, 6) is 0.727. The van der Waals surface area contributed by atoms with Crippen molar-refractivity contribution in [2.45, 2.75) is 25.9 Å². The second-order valence-electron chi connectivity index (χ2n) is 5.33. The van der Waals surface area contributed by atoms with E-state index in [-0.39, 0.29) is 29.8 Å². The molecule has 1 heterocycles. The van der Waals surface area contributed by atoms with Crippen LogP contribution < -0.4 is 10.6 Å². The SMILES string of the molecule is CCNC(=NCc1ccccc1[N+](=O)[O-])NC1CCS(=O)(=O)C1. The van der Waals surface area contributed by atoms with Crippen molar-refractivity contribution >= 4 is 21.5 Å². The number of benzene rings is 1. The minimum absolute atomic E-state index is 0.0237. The first kappa shape index (κ1) is 17.2. The summed E-state index contributed by atoms with van der Waals surface area (Å²) in [5, 5.41) is 17.1. The van der Waals surface area contributed by atoms with E-state index < -0.39 is 14.8 Å². The molecule has 1 atom stereocenters. The lowest BCUT2D eigenvalue weighted by Gasteiger charge is -2.15. The number of nitrogens with zero attached hydrogens (tertiary/aromatic N) is 2. The predicted octanol–water partition coefficient (Wildman–Crippen LogP) is 0.837. The molecule has 1 fully saturated rings. The van der Waals surface area contributed by atoms with Crippen molar-refractivity contribution in [2.75, 3.05) is 18.1 Å². The fraction of sp³-hybridized carbons (Fsp3) is 0.500. The number of sulfone groups is 1. The third kappa shape index (κ3) is 4.92. The molecular weight excluding hydrogens is 320 g/mol. The van der Waals surface area contributed by atoms with Gasteiger partial charge in [0.1, 0.15) is 0 Å². The molecule has 1 aliphatic rings. The van der Waals surface area contributed by atoms with Crippen LogP contribution in [-0.2, 0) is 16.4 Å². The van der Waals surface area contributed by atoms with Crippen LogP contribution in [0.15, 0.2) is 29.3 Å². The van der Waals surface area contributed by atoms with E-state index in [0.29, 0.717) is 24.5 Å². The van der Waals surface area contributed by atoms with Crippen LogP contribution in [-0.4, -0.2) is 43.4 Å². The molecule has 1 unspecified atom stereocenters. The molecule has 0 aromatic heterocycles. The molecule has 8 nitrogen and oxygen atoms in total. The van der Waals surface area contributed by atoms with E-state index in [1.807, 2.05) is 6.92 Å². The second kappa shape index (κ2) is 7.40. The third-order valence-electron chi connectivity index (χ3n) is 3.51. The Morgan fingerprint density at radius 1 is 1.43 bits per heavy atom. The van der Waals surface area contributed by atoms with Gasteiger partial charge in [0.05, 0.1) is 28.5 Å². The molecule has 2 rings (SSSR count). The van der Waals surface area contributed by atoms with Crippen LogP contribution in [0.3, 0.4) is 0 Å². The summed E-state index contributed by atoms with van der Waals surface area (Å²) in [6.07, 6.45) is 0.540. The van der Waals surface area contributed by atoms with Crippen molar-refractivity contribution in [3.63, 3.8) is 0 Å². The molecule has 1 saturated heterocycles. The Hall–Kier alpha value is -2.16. The van der Waals surface area contributed by atoms with Crippen molar-refractivity contribution in [1.29, 1.82) is 0 Å². The Kier molecular flexibility index (Phi) is 5.54. The summed E-state index contributed by atoms with van der Waals surface area (Å²) < 4.78 is 23.0. The maximum Gasteiger partial charge on any atom is 0.274 e. The van der Waals surface area contributed by atoms with E-state index in [0.717, 1.165) is 0 Å². The first-order valence-corrected chi connectivity index (χ1v) is 9.21. The number of hydrogen-bond acceptors (Lipinski definition) is 5. The molecule has 126 valence electrons. The number of rotatable bonds is 5. The van der Waals surface area contributed by atoms with Crippen molar-refractivity contribution in [2.24, 2.45) is 4.99 Å². The average Bonchev–Trinajstić information content (AvgIpc) is 2.84. The van der Waals surface area contributed by atoms with Gasteiger partial charge in [-0.3, -0.25) is 10.1 Å². The first-order valence-electron chi connectivity index (χ1n) is 7.39. The normalized spacial score (nSPS) is 20.2. The van der Waals surface area contributed by atoms with Crippen molar-refractivity contribution in [1.82, 2.24) is 10.6 Å². The summed E-state index contributed by atoms with van der Waals surface area (Å²) in [7, 11) is -2.98. The highest BCUT2D eigenvalue weighted by Gasteiger charge is 2.28. The quantitative estimate of drug-likeness (QED) is 0.355. The molecule has 9 heteroatoms. The van der Waals surface area contributed by atoms with E-state index in [4.69, 9.17) is 0 Å². The van der Waals surface area contributed by atoms with Gasteiger partial charge >= 0.3 is 0 Å². The van der Waals surface area contributed by atoms with Gasteiger partial charge in [0.2, 0.25) is 0 Å². The topological polar surface area (TPSA) is 114 Å². The smallest absolute Gasteiger partial charge is 0.274 e. The molecule has 0 saturated carbocycles. The number of hydrogen-bond donors (Lipinski definition) is 2. The number of nitrogens with one attached hydrogen (secondary N) is 2. The molecule has 0 bridgehead atoms. The molecule has 1 aromatic carbocycles. The molecule has 1 aromatic rings. The molecule has 0 radical (unpaired) electrons. The Balaban J connectivity index is 2.09. The molecule has 1 aliphatic heterocycles. The highest BCUT2D eigenvalue weighted by molar-refractivity contribution is 7.91. The fourth-order valence-electron chi connectivity index (χ4n) is 2.41. The van der Waals surface area contributed by atoms with Gasteiger partial charge in [0, 0.05) is 18.7 Å². The van der Waals surface area contributed by atoms with Gasteiger partial charge in [-0.15, -0.1) is 0 Å². The standard InChI is InChI=1S/C14H20N4O4S/c1-2-15-14(17-12-7-8-23(21,22)10-12)16-9-11-5-3-4-6-13(11)18(19)20/h3-6,12H,2,7-10H2,1H3,(H2,15,16,17). The zero-order chi connectivity index (χ0) is 16.9. The van der Waals surface area contributed by atoms with Gasteiger partial charge in [-0.2, -0.15) is 0 Å². The van der Waals surface area contributed by atoms with Crippen LogP contribution in [0.4, 0.5) is 5.69 Å². The predicted molar refractivity (Wildman–Crippen MR) is 88.1 cm³/mol. The van der Waals surface area contributed by atoms with Crippen LogP contribution in [0, 0.1) is 10.1 Å². The van der Waals surface area contributed by atoms with Crippen molar-refractivity contribution < 1.29 is 13.3 Å². The van der Waals surface area contributed by atoms with Gasteiger partial charge in [-0.05, 0) is 13.3 Å². The zero-order valence-electron chi connectivity index (χ0n) is 12.9. The third-order valence-corrected chi connectivity index (χ3v) is 5.28. The maximum atomic E-state index is 11.5. The lowest BCUT2D eigenvalue weighted by molar-refractivity contribution is -0.385. The van der Waals surface area contributed by atoms with Gasteiger partial charge < -0.3 is 10.6 Å². The Morgan fingerprint density at radius 3 is 2.78 bits per heavy atom. The molecule has 0 aliphatic carbocycles. The molecule has 23 heavy (non-hydrogen) atoms. The second-order valence-corrected chi connectivity index (χ2v) is 7.55. The van der Waals surface area contributed by atoms with Crippen LogP contribution in [0.25, 0.3) is 0 Å². The van der Waals surface area contributed by atoms with E-state index in [1.54, 1.807) is 18.2 Å². The molecular formula is C14H20N4O4S. The van der Waals surface area contributed by atoms with Gasteiger partial charge in [0.15, 0.2) is 15.8 Å².